The highest BCUT2D eigenvalue weighted by molar-refractivity contribution is 7.99. The van der Waals surface area contributed by atoms with Crippen LogP contribution in [0.1, 0.15) is 18.1 Å². The second kappa shape index (κ2) is 10.9. The molecule has 1 amide bonds. The average Bonchev–Trinajstić information content (AvgIpc) is 3.23. The van der Waals surface area contributed by atoms with Gasteiger partial charge in [0.2, 0.25) is 11.7 Å². The lowest BCUT2D eigenvalue weighted by molar-refractivity contribution is -0.118. The first-order valence-corrected chi connectivity index (χ1v) is 11.2. The molecule has 9 heteroatoms. The number of amides is 1. The van der Waals surface area contributed by atoms with Gasteiger partial charge in [0, 0.05) is 18.7 Å². The minimum absolute atomic E-state index is 0.105. The van der Waals surface area contributed by atoms with Crippen LogP contribution < -0.4 is 19.5 Å². The highest BCUT2D eigenvalue weighted by Crippen LogP contribution is 2.38. The van der Waals surface area contributed by atoms with Crippen LogP contribution in [-0.4, -0.2) is 47.8 Å². The fourth-order valence-corrected chi connectivity index (χ4v) is 4.16. The van der Waals surface area contributed by atoms with Gasteiger partial charge in [-0.25, -0.2) is 0 Å². The Kier molecular flexibility index (Phi) is 7.99. The summed E-state index contributed by atoms with van der Waals surface area (Å²) in [6.07, 6.45) is 0. The van der Waals surface area contributed by atoms with Crippen molar-refractivity contribution >= 4 is 17.7 Å². The molecule has 0 fully saturated rings. The Labute approximate surface area is 192 Å². The van der Waals surface area contributed by atoms with E-state index in [2.05, 4.69) is 15.5 Å². The number of hydrogen-bond acceptors (Lipinski definition) is 7. The molecule has 2 aromatic carbocycles. The molecule has 0 aliphatic rings. The molecule has 3 rings (SSSR count). The SMILES string of the molecule is CCn1c(SCC(=O)NCc2cc(OC)c(OC)c(OC)c2)nnc1-c1ccccc1C. The molecule has 1 aromatic heterocycles. The van der Waals surface area contributed by atoms with Gasteiger partial charge in [-0.3, -0.25) is 4.79 Å². The van der Waals surface area contributed by atoms with Crippen molar-refractivity contribution in [3.63, 3.8) is 0 Å². The molecular weight excluding hydrogens is 428 g/mol. The van der Waals surface area contributed by atoms with Crippen LogP contribution in [0.2, 0.25) is 0 Å². The number of methoxy groups -OCH3 is 3. The van der Waals surface area contributed by atoms with Crippen molar-refractivity contribution in [3.8, 4) is 28.6 Å². The Morgan fingerprint density at radius 3 is 2.34 bits per heavy atom. The van der Waals surface area contributed by atoms with Crippen LogP contribution in [0.4, 0.5) is 0 Å². The molecule has 1 heterocycles. The van der Waals surface area contributed by atoms with Gasteiger partial charge < -0.3 is 24.1 Å². The summed E-state index contributed by atoms with van der Waals surface area (Å²) >= 11 is 1.37. The summed E-state index contributed by atoms with van der Waals surface area (Å²) in [6.45, 7) is 5.14. The number of rotatable bonds is 10. The minimum atomic E-state index is -0.105. The molecule has 0 spiro atoms. The number of benzene rings is 2. The zero-order valence-corrected chi connectivity index (χ0v) is 19.8. The molecule has 0 unspecified atom stereocenters. The molecule has 1 N–H and O–H groups in total. The molecule has 170 valence electrons. The summed E-state index contributed by atoms with van der Waals surface area (Å²) in [7, 11) is 4.68. The Morgan fingerprint density at radius 2 is 1.75 bits per heavy atom. The van der Waals surface area contributed by atoms with Crippen molar-refractivity contribution in [2.75, 3.05) is 27.1 Å². The van der Waals surface area contributed by atoms with Gasteiger partial charge in [-0.1, -0.05) is 36.0 Å². The van der Waals surface area contributed by atoms with Gasteiger partial charge in [-0.2, -0.15) is 0 Å². The van der Waals surface area contributed by atoms with Crippen LogP contribution in [0.3, 0.4) is 0 Å². The number of nitrogens with one attached hydrogen (secondary N) is 1. The first-order valence-electron chi connectivity index (χ1n) is 10.2. The van der Waals surface area contributed by atoms with Crippen LogP contribution in [-0.2, 0) is 17.9 Å². The van der Waals surface area contributed by atoms with E-state index in [1.807, 2.05) is 54.8 Å². The van der Waals surface area contributed by atoms with E-state index in [-0.39, 0.29) is 11.7 Å². The van der Waals surface area contributed by atoms with Crippen LogP contribution in [0, 0.1) is 6.92 Å². The number of ether oxygens (including phenoxy) is 3. The molecule has 0 atom stereocenters. The highest BCUT2D eigenvalue weighted by atomic mass is 32.2. The second-order valence-corrected chi connectivity index (χ2v) is 7.91. The van der Waals surface area contributed by atoms with E-state index in [1.165, 1.54) is 11.8 Å². The van der Waals surface area contributed by atoms with E-state index in [9.17, 15) is 4.79 Å². The molecule has 0 bridgehead atoms. The molecule has 0 saturated heterocycles. The van der Waals surface area contributed by atoms with Crippen molar-refractivity contribution in [2.24, 2.45) is 0 Å². The van der Waals surface area contributed by atoms with Gasteiger partial charge in [0.1, 0.15) is 0 Å². The van der Waals surface area contributed by atoms with E-state index in [4.69, 9.17) is 14.2 Å². The molecule has 0 aliphatic carbocycles. The van der Waals surface area contributed by atoms with Crippen LogP contribution in [0.5, 0.6) is 17.2 Å². The molecule has 0 saturated carbocycles. The topological polar surface area (TPSA) is 87.5 Å². The number of carbonyl (C=O) groups excluding carboxylic acids is 1. The fraction of sp³-hybridized carbons (Fsp3) is 0.348. The third kappa shape index (κ3) is 5.16. The number of thioether (sulfide) groups is 1. The maximum Gasteiger partial charge on any atom is 0.230 e. The van der Waals surface area contributed by atoms with Crippen LogP contribution >= 0.6 is 11.8 Å². The lowest BCUT2D eigenvalue weighted by Crippen LogP contribution is -2.24. The van der Waals surface area contributed by atoms with Gasteiger partial charge in [0.05, 0.1) is 27.1 Å². The predicted octanol–water partition coefficient (Wildman–Crippen LogP) is 3.71. The fourth-order valence-electron chi connectivity index (χ4n) is 3.32. The lowest BCUT2D eigenvalue weighted by atomic mass is 10.1. The van der Waals surface area contributed by atoms with Crippen molar-refractivity contribution in [3.05, 3.63) is 47.5 Å². The van der Waals surface area contributed by atoms with Gasteiger partial charge >= 0.3 is 0 Å². The number of aryl methyl sites for hydroxylation is 1. The average molecular weight is 457 g/mol. The number of carbonyl (C=O) groups is 1. The van der Waals surface area contributed by atoms with E-state index in [0.29, 0.717) is 35.5 Å². The Balaban J connectivity index is 1.64. The van der Waals surface area contributed by atoms with Gasteiger partial charge in [0.15, 0.2) is 22.5 Å². The van der Waals surface area contributed by atoms with E-state index in [1.54, 1.807) is 21.3 Å². The summed E-state index contributed by atoms with van der Waals surface area (Å²) in [4.78, 5) is 12.5. The van der Waals surface area contributed by atoms with Crippen LogP contribution in [0.25, 0.3) is 11.4 Å². The van der Waals surface area contributed by atoms with E-state index >= 15 is 0 Å². The standard InChI is InChI=1S/C23H28N4O4S/c1-6-27-22(17-10-8-7-9-15(17)2)25-26-23(27)32-14-20(28)24-13-16-11-18(29-3)21(31-5)19(12-16)30-4/h7-12H,6,13-14H2,1-5H3,(H,24,28). The smallest absolute Gasteiger partial charge is 0.230 e. The third-order valence-corrected chi connectivity index (χ3v) is 5.93. The maximum absolute atomic E-state index is 12.5. The van der Waals surface area contributed by atoms with Crippen molar-refractivity contribution in [1.29, 1.82) is 0 Å². The van der Waals surface area contributed by atoms with E-state index in [0.717, 1.165) is 22.5 Å². The summed E-state index contributed by atoms with van der Waals surface area (Å²) in [5, 5.41) is 12.3. The monoisotopic (exact) mass is 456 g/mol. The maximum atomic E-state index is 12.5. The summed E-state index contributed by atoms with van der Waals surface area (Å²) in [5.74, 6) is 2.55. The van der Waals surface area contributed by atoms with Crippen molar-refractivity contribution in [1.82, 2.24) is 20.1 Å². The van der Waals surface area contributed by atoms with Crippen LogP contribution in [0.15, 0.2) is 41.6 Å². The van der Waals surface area contributed by atoms with Gasteiger partial charge in [-0.15, -0.1) is 10.2 Å². The first-order chi connectivity index (χ1) is 15.5. The molecule has 8 nitrogen and oxygen atoms in total. The molecule has 3 aromatic rings. The summed E-state index contributed by atoms with van der Waals surface area (Å²) in [6, 6.07) is 11.7. The van der Waals surface area contributed by atoms with Crippen molar-refractivity contribution < 1.29 is 19.0 Å². The lowest BCUT2D eigenvalue weighted by Gasteiger charge is -2.14. The first kappa shape index (κ1) is 23.5. The van der Waals surface area contributed by atoms with E-state index < -0.39 is 0 Å². The zero-order valence-electron chi connectivity index (χ0n) is 19.0. The number of nitrogens with zero attached hydrogens (tertiary/aromatic N) is 3. The summed E-state index contributed by atoms with van der Waals surface area (Å²) < 4.78 is 18.1. The number of aromatic nitrogens is 3. The second-order valence-electron chi connectivity index (χ2n) is 6.96. The van der Waals surface area contributed by atoms with Gasteiger partial charge in [-0.05, 0) is 37.1 Å². The predicted molar refractivity (Wildman–Crippen MR) is 125 cm³/mol. The molecule has 0 radical (unpaired) electrons. The Bertz CT molecular complexity index is 1060. The largest absolute Gasteiger partial charge is 0.493 e. The minimum Gasteiger partial charge on any atom is -0.493 e. The molecular formula is C23H28N4O4S. The van der Waals surface area contributed by atoms with Crippen molar-refractivity contribution in [2.45, 2.75) is 32.1 Å². The zero-order chi connectivity index (χ0) is 23.1. The summed E-state index contributed by atoms with van der Waals surface area (Å²) in [5.41, 5.74) is 3.02. The third-order valence-electron chi connectivity index (χ3n) is 4.97. The normalized spacial score (nSPS) is 10.7. The Morgan fingerprint density at radius 1 is 1.06 bits per heavy atom. The molecule has 32 heavy (non-hydrogen) atoms. The number of hydrogen-bond donors (Lipinski definition) is 1. The van der Waals surface area contributed by atoms with Gasteiger partial charge in [0.25, 0.3) is 0 Å². The highest BCUT2D eigenvalue weighted by Gasteiger charge is 2.17. The quantitative estimate of drug-likeness (QED) is 0.465. The molecule has 0 aliphatic heterocycles. The Hall–Kier alpha value is -3.20.